The molecule has 1 saturated carbocycles. The summed E-state index contributed by atoms with van der Waals surface area (Å²) in [4.78, 5) is 0. The van der Waals surface area contributed by atoms with Crippen molar-refractivity contribution < 1.29 is 4.43 Å². The summed E-state index contributed by atoms with van der Waals surface area (Å²) in [6, 6.07) is 7.43. The van der Waals surface area contributed by atoms with Gasteiger partial charge in [0.1, 0.15) is 0 Å². The first-order chi connectivity index (χ1) is 9.05. The molecule has 0 radical (unpaired) electrons. The Morgan fingerprint density at radius 2 is 1.45 bits per heavy atom. The molecule has 6 heteroatoms. The van der Waals surface area contributed by atoms with Crippen LogP contribution in [-0.2, 0) is 4.43 Å². The molecule has 0 aromatic carbocycles. The van der Waals surface area contributed by atoms with E-state index >= 15 is 0 Å². The van der Waals surface area contributed by atoms with Crippen molar-refractivity contribution in [3.63, 3.8) is 0 Å². The minimum atomic E-state index is -2.17. The lowest BCUT2D eigenvalue weighted by molar-refractivity contribution is -0.0498. The molecule has 0 aliphatic heterocycles. The summed E-state index contributed by atoms with van der Waals surface area (Å²) in [5, 5.41) is 37.0. The molecular formula is C14H18N4OSi. The summed E-state index contributed by atoms with van der Waals surface area (Å²) in [6.45, 7) is 10.2. The van der Waals surface area contributed by atoms with Gasteiger partial charge in [0.2, 0.25) is 0 Å². The zero-order valence-electron chi connectivity index (χ0n) is 12.5. The Morgan fingerprint density at radius 1 is 1.00 bits per heavy atom. The van der Waals surface area contributed by atoms with E-state index < -0.39 is 25.3 Å². The second-order valence-electron chi connectivity index (χ2n) is 6.73. The summed E-state index contributed by atoms with van der Waals surface area (Å²) in [7, 11) is -2.17. The van der Waals surface area contributed by atoms with Crippen molar-refractivity contribution in [2.45, 2.75) is 51.4 Å². The van der Waals surface area contributed by atoms with Crippen LogP contribution in [0, 0.1) is 56.2 Å². The zero-order chi connectivity index (χ0) is 15.8. The quantitative estimate of drug-likeness (QED) is 0.726. The lowest BCUT2D eigenvalue weighted by atomic mass is 9.50. The minimum Gasteiger partial charge on any atom is -0.411 e. The fourth-order valence-corrected chi connectivity index (χ4v) is 3.38. The second-order valence-corrected chi connectivity index (χ2v) is 11.5. The Hall–Kier alpha value is -1.86. The fraction of sp³-hybridized carbons (Fsp3) is 0.714. The molecule has 1 rings (SSSR count). The minimum absolute atomic E-state index is 0.0683. The highest BCUT2D eigenvalue weighted by Crippen LogP contribution is 2.58. The normalized spacial score (nSPS) is 23.4. The van der Waals surface area contributed by atoms with Gasteiger partial charge in [-0.2, -0.15) is 21.0 Å². The molecule has 0 amide bonds. The highest BCUT2D eigenvalue weighted by Gasteiger charge is 2.71. The third kappa shape index (κ3) is 1.90. The second kappa shape index (κ2) is 4.60. The Labute approximate surface area is 121 Å². The first-order valence-electron chi connectivity index (χ1n) is 6.38. The Balaban J connectivity index is 3.17. The van der Waals surface area contributed by atoms with Gasteiger partial charge in [-0.15, -0.1) is 0 Å². The van der Waals surface area contributed by atoms with Crippen molar-refractivity contribution in [2.24, 2.45) is 10.8 Å². The smallest absolute Gasteiger partial charge is 0.200 e. The van der Waals surface area contributed by atoms with Crippen molar-refractivity contribution in [3.8, 4) is 24.3 Å². The summed E-state index contributed by atoms with van der Waals surface area (Å²) in [5.41, 5.74) is -3.27. The van der Waals surface area contributed by atoms with E-state index in [2.05, 4.69) is 20.8 Å². The van der Waals surface area contributed by atoms with Gasteiger partial charge >= 0.3 is 0 Å². The molecule has 0 N–H and O–H groups in total. The fourth-order valence-electron chi connectivity index (χ4n) is 2.05. The average molecular weight is 286 g/mol. The van der Waals surface area contributed by atoms with E-state index in [1.165, 1.54) is 0 Å². The molecule has 1 fully saturated rings. The van der Waals surface area contributed by atoms with Crippen LogP contribution in [0.25, 0.3) is 0 Å². The topological polar surface area (TPSA) is 104 Å². The zero-order valence-corrected chi connectivity index (χ0v) is 13.5. The van der Waals surface area contributed by atoms with E-state index in [-0.39, 0.29) is 11.5 Å². The highest BCUT2D eigenvalue weighted by atomic mass is 28.4. The summed E-state index contributed by atoms with van der Waals surface area (Å²) in [5.74, 6) is 0. The van der Waals surface area contributed by atoms with Crippen molar-refractivity contribution in [1.29, 1.82) is 21.0 Å². The van der Waals surface area contributed by atoms with Gasteiger partial charge in [-0.25, -0.2) is 0 Å². The summed E-state index contributed by atoms with van der Waals surface area (Å²) in [6.07, 6.45) is -0.550. The van der Waals surface area contributed by atoms with Gasteiger partial charge in [0, 0.05) is 6.42 Å². The molecule has 1 unspecified atom stereocenters. The third-order valence-corrected chi connectivity index (χ3v) is 9.11. The van der Waals surface area contributed by atoms with Crippen LogP contribution in [0.5, 0.6) is 0 Å². The molecule has 0 aromatic heterocycles. The molecule has 5 nitrogen and oxygen atoms in total. The van der Waals surface area contributed by atoms with Crippen molar-refractivity contribution >= 4 is 8.32 Å². The lowest BCUT2D eigenvalue weighted by Gasteiger charge is -2.52. The maximum atomic E-state index is 9.37. The SMILES string of the molecule is CC(C)(C)[Si](C)(C)OC1CC(C#N)(C#N)C1(C#N)C#N. The van der Waals surface area contributed by atoms with Gasteiger partial charge in [0.15, 0.2) is 19.1 Å². The van der Waals surface area contributed by atoms with Crippen molar-refractivity contribution in [1.82, 2.24) is 0 Å². The van der Waals surface area contributed by atoms with Gasteiger partial charge in [-0.05, 0) is 18.1 Å². The van der Waals surface area contributed by atoms with Gasteiger partial charge in [0.25, 0.3) is 0 Å². The van der Waals surface area contributed by atoms with Gasteiger partial charge < -0.3 is 4.43 Å². The monoisotopic (exact) mass is 286 g/mol. The van der Waals surface area contributed by atoms with Crippen LogP contribution in [0.2, 0.25) is 18.1 Å². The predicted octanol–water partition coefficient (Wildman–Crippen LogP) is 2.85. The first kappa shape index (κ1) is 16.2. The molecule has 0 saturated heterocycles. The summed E-state index contributed by atoms with van der Waals surface area (Å²) >= 11 is 0. The number of hydrogen-bond donors (Lipinski definition) is 0. The standard InChI is InChI=1S/C14H18N4OSi/c1-12(2,3)20(4,5)19-11-6-13(7-15,8-16)14(11,9-17)10-18/h11H,6H2,1-5H3. The number of rotatable bonds is 2. The molecular weight excluding hydrogens is 268 g/mol. The molecule has 20 heavy (non-hydrogen) atoms. The van der Waals surface area contributed by atoms with Gasteiger partial charge in [-0.1, -0.05) is 20.8 Å². The Morgan fingerprint density at radius 3 is 1.75 bits per heavy atom. The maximum absolute atomic E-state index is 9.37. The number of nitriles is 4. The van der Waals surface area contributed by atoms with E-state index in [1.54, 1.807) is 0 Å². The molecule has 1 aliphatic rings. The van der Waals surface area contributed by atoms with E-state index in [4.69, 9.17) is 4.43 Å². The van der Waals surface area contributed by atoms with Crippen LogP contribution in [-0.4, -0.2) is 14.4 Å². The molecule has 0 heterocycles. The van der Waals surface area contributed by atoms with Crippen molar-refractivity contribution in [2.75, 3.05) is 0 Å². The molecule has 104 valence electrons. The highest BCUT2D eigenvalue weighted by molar-refractivity contribution is 6.74. The maximum Gasteiger partial charge on any atom is 0.200 e. The molecule has 0 spiro atoms. The van der Waals surface area contributed by atoms with Crippen LogP contribution in [0.15, 0.2) is 0 Å². The molecule has 0 bridgehead atoms. The first-order valence-corrected chi connectivity index (χ1v) is 9.29. The predicted molar refractivity (Wildman–Crippen MR) is 74.0 cm³/mol. The lowest BCUT2D eigenvalue weighted by Crippen LogP contribution is -2.63. The molecule has 1 atom stereocenters. The third-order valence-electron chi connectivity index (χ3n) is 4.63. The van der Waals surface area contributed by atoms with Crippen LogP contribution in [0.3, 0.4) is 0 Å². The van der Waals surface area contributed by atoms with E-state index in [0.717, 1.165) is 0 Å². The van der Waals surface area contributed by atoms with Crippen LogP contribution >= 0.6 is 0 Å². The van der Waals surface area contributed by atoms with E-state index in [1.807, 2.05) is 37.4 Å². The number of hydrogen-bond acceptors (Lipinski definition) is 5. The Kier molecular flexibility index (Phi) is 3.73. The summed E-state index contributed by atoms with van der Waals surface area (Å²) < 4.78 is 6.09. The molecule has 0 aromatic rings. The van der Waals surface area contributed by atoms with Gasteiger partial charge in [0.05, 0.1) is 30.4 Å². The number of nitrogens with zero attached hydrogens (tertiary/aromatic N) is 4. The van der Waals surface area contributed by atoms with E-state index in [0.29, 0.717) is 0 Å². The largest absolute Gasteiger partial charge is 0.411 e. The van der Waals surface area contributed by atoms with E-state index in [9.17, 15) is 21.0 Å². The Bertz CT molecular complexity index is 549. The van der Waals surface area contributed by atoms with Crippen LogP contribution in [0.1, 0.15) is 27.2 Å². The van der Waals surface area contributed by atoms with Crippen LogP contribution in [0.4, 0.5) is 0 Å². The van der Waals surface area contributed by atoms with Gasteiger partial charge in [-0.3, -0.25) is 0 Å². The molecule has 1 aliphatic carbocycles. The van der Waals surface area contributed by atoms with Crippen LogP contribution < -0.4 is 0 Å². The van der Waals surface area contributed by atoms with Crippen molar-refractivity contribution in [3.05, 3.63) is 0 Å². The average Bonchev–Trinajstić information content (AvgIpc) is 2.34.